The molecular weight excluding hydrogens is 485 g/mol. The van der Waals surface area contributed by atoms with Gasteiger partial charge in [0.05, 0.1) is 39.7 Å². The van der Waals surface area contributed by atoms with Crippen LogP contribution in [0.4, 0.5) is 4.39 Å². The van der Waals surface area contributed by atoms with Crippen molar-refractivity contribution in [3.05, 3.63) is 83.2 Å². The Morgan fingerprint density at radius 3 is 2.16 bits per heavy atom. The number of nitrogens with one attached hydrogen (secondary N) is 2. The number of carbonyl (C=O) groups excluding carboxylic acids is 3. The van der Waals surface area contributed by atoms with E-state index in [9.17, 15) is 18.8 Å². The van der Waals surface area contributed by atoms with Gasteiger partial charge in [0.25, 0.3) is 11.8 Å². The minimum absolute atomic E-state index is 0.0886. The number of rotatable bonds is 10. The van der Waals surface area contributed by atoms with Crippen molar-refractivity contribution in [2.75, 3.05) is 27.9 Å². The van der Waals surface area contributed by atoms with Crippen molar-refractivity contribution in [3.63, 3.8) is 0 Å². The summed E-state index contributed by atoms with van der Waals surface area (Å²) >= 11 is 0. The number of halogens is 1. The summed E-state index contributed by atoms with van der Waals surface area (Å²) in [4.78, 5) is 36.6. The van der Waals surface area contributed by atoms with Gasteiger partial charge in [-0.25, -0.2) is 14.6 Å². The molecule has 0 fully saturated rings. The molecule has 3 rings (SSSR count). The van der Waals surface area contributed by atoms with Crippen molar-refractivity contribution in [3.8, 4) is 23.0 Å². The van der Waals surface area contributed by atoms with Crippen LogP contribution >= 0.6 is 0 Å². The molecule has 0 saturated heterocycles. The minimum atomic E-state index is -0.693. The highest BCUT2D eigenvalue weighted by Gasteiger charge is 2.17. The average molecular weight is 509 g/mol. The van der Waals surface area contributed by atoms with Gasteiger partial charge in [0.2, 0.25) is 5.75 Å². The van der Waals surface area contributed by atoms with Crippen molar-refractivity contribution >= 4 is 24.0 Å². The van der Waals surface area contributed by atoms with E-state index in [0.717, 1.165) is 6.07 Å². The Morgan fingerprint density at radius 2 is 1.57 bits per heavy atom. The number of hydrogen-bond acceptors (Lipinski definition) is 8. The fraction of sp³-hybridized carbons (Fsp3) is 0.154. The van der Waals surface area contributed by atoms with E-state index in [4.69, 9.17) is 18.9 Å². The molecule has 0 spiro atoms. The van der Waals surface area contributed by atoms with E-state index < -0.39 is 23.6 Å². The van der Waals surface area contributed by atoms with Crippen LogP contribution in [0.25, 0.3) is 0 Å². The standard InChI is InChI=1S/C26H24FN3O7/c1-34-21-12-18(13-22(35-2)24(21)36-3)25(32)28-15-23(31)30-29-14-16-7-9-20(10-8-16)37-26(33)17-5-4-6-19(27)11-17/h4-14H,15H2,1-3H3,(H,28,32)(H,30,31). The molecule has 0 aliphatic carbocycles. The number of ether oxygens (including phenoxy) is 4. The molecule has 0 saturated carbocycles. The average Bonchev–Trinajstić information content (AvgIpc) is 2.91. The van der Waals surface area contributed by atoms with Gasteiger partial charge < -0.3 is 24.3 Å². The van der Waals surface area contributed by atoms with E-state index in [1.54, 1.807) is 12.1 Å². The van der Waals surface area contributed by atoms with Gasteiger partial charge in [0, 0.05) is 5.56 Å². The Morgan fingerprint density at radius 1 is 0.892 bits per heavy atom. The maximum absolute atomic E-state index is 13.3. The Labute approximate surface area is 212 Å². The summed E-state index contributed by atoms with van der Waals surface area (Å²) in [5, 5.41) is 6.32. The van der Waals surface area contributed by atoms with E-state index >= 15 is 0 Å². The summed E-state index contributed by atoms with van der Waals surface area (Å²) in [5.74, 6) is -1.12. The molecule has 10 nitrogen and oxygen atoms in total. The third-order valence-electron chi connectivity index (χ3n) is 4.89. The highest BCUT2D eigenvalue weighted by atomic mass is 19.1. The molecule has 0 bridgehead atoms. The second kappa shape index (κ2) is 12.7. The predicted octanol–water partition coefficient (Wildman–Crippen LogP) is 2.95. The van der Waals surface area contributed by atoms with Gasteiger partial charge in [0.15, 0.2) is 11.5 Å². The molecule has 3 aromatic carbocycles. The van der Waals surface area contributed by atoms with Gasteiger partial charge in [0.1, 0.15) is 11.6 Å². The lowest BCUT2D eigenvalue weighted by atomic mass is 10.1. The number of carbonyl (C=O) groups is 3. The first kappa shape index (κ1) is 26.7. The van der Waals surface area contributed by atoms with Crippen LogP contribution in [0.1, 0.15) is 26.3 Å². The Balaban J connectivity index is 1.50. The van der Waals surface area contributed by atoms with Gasteiger partial charge in [-0.2, -0.15) is 5.10 Å². The molecule has 0 atom stereocenters. The molecule has 2 N–H and O–H groups in total. The first-order chi connectivity index (χ1) is 17.8. The largest absolute Gasteiger partial charge is 0.493 e. The summed E-state index contributed by atoms with van der Waals surface area (Å²) in [6.07, 6.45) is 1.37. The summed E-state index contributed by atoms with van der Waals surface area (Å²) in [7, 11) is 4.30. The summed E-state index contributed by atoms with van der Waals surface area (Å²) < 4.78 is 34.1. The van der Waals surface area contributed by atoms with Crippen LogP contribution in [0.3, 0.4) is 0 Å². The van der Waals surface area contributed by atoms with E-state index in [1.165, 1.54) is 70.0 Å². The van der Waals surface area contributed by atoms with Gasteiger partial charge >= 0.3 is 5.97 Å². The number of nitrogens with zero attached hydrogens (tertiary/aromatic N) is 1. The quantitative estimate of drug-likeness (QED) is 0.186. The van der Waals surface area contributed by atoms with Gasteiger partial charge in [-0.05, 0) is 60.2 Å². The van der Waals surface area contributed by atoms with Crippen LogP contribution in [0.2, 0.25) is 0 Å². The van der Waals surface area contributed by atoms with Crippen LogP contribution in [0.5, 0.6) is 23.0 Å². The molecule has 0 aromatic heterocycles. The molecular formula is C26H24FN3O7. The monoisotopic (exact) mass is 509 g/mol. The molecule has 2 amide bonds. The van der Waals surface area contributed by atoms with Crippen molar-refractivity contribution in [2.24, 2.45) is 5.10 Å². The molecule has 192 valence electrons. The van der Waals surface area contributed by atoms with E-state index in [2.05, 4.69) is 15.8 Å². The zero-order valence-electron chi connectivity index (χ0n) is 20.2. The zero-order chi connectivity index (χ0) is 26.8. The maximum Gasteiger partial charge on any atom is 0.343 e. The normalized spacial score (nSPS) is 10.5. The summed E-state index contributed by atoms with van der Waals surface area (Å²) in [5.41, 5.74) is 3.21. The second-order valence-electron chi connectivity index (χ2n) is 7.36. The third-order valence-corrected chi connectivity index (χ3v) is 4.89. The van der Waals surface area contributed by atoms with Gasteiger partial charge in [-0.15, -0.1) is 0 Å². The molecule has 0 radical (unpaired) electrons. The predicted molar refractivity (Wildman–Crippen MR) is 132 cm³/mol. The molecule has 0 aliphatic heterocycles. The molecule has 0 heterocycles. The summed E-state index contributed by atoms with van der Waals surface area (Å²) in [6.45, 7) is -0.332. The topological polar surface area (TPSA) is 125 Å². The van der Waals surface area contributed by atoms with E-state index in [-0.39, 0.29) is 23.4 Å². The van der Waals surface area contributed by atoms with E-state index in [1.807, 2.05) is 0 Å². The van der Waals surface area contributed by atoms with Crippen LogP contribution in [0, 0.1) is 5.82 Å². The van der Waals surface area contributed by atoms with E-state index in [0.29, 0.717) is 22.8 Å². The van der Waals surface area contributed by atoms with Crippen LogP contribution in [-0.2, 0) is 4.79 Å². The second-order valence-corrected chi connectivity index (χ2v) is 7.36. The van der Waals surface area contributed by atoms with Gasteiger partial charge in [-0.1, -0.05) is 6.07 Å². The molecule has 37 heavy (non-hydrogen) atoms. The van der Waals surface area contributed by atoms with Crippen molar-refractivity contribution in [1.82, 2.24) is 10.7 Å². The van der Waals surface area contributed by atoms with Crippen LogP contribution in [0.15, 0.2) is 65.8 Å². The maximum atomic E-state index is 13.3. The summed E-state index contributed by atoms with van der Waals surface area (Å²) in [6, 6.07) is 14.4. The van der Waals surface area contributed by atoms with Crippen molar-refractivity contribution in [2.45, 2.75) is 0 Å². The lowest BCUT2D eigenvalue weighted by Crippen LogP contribution is -2.34. The van der Waals surface area contributed by atoms with Gasteiger partial charge in [-0.3, -0.25) is 9.59 Å². The fourth-order valence-electron chi connectivity index (χ4n) is 3.10. The third kappa shape index (κ3) is 7.28. The van der Waals surface area contributed by atoms with Crippen molar-refractivity contribution < 1.29 is 37.7 Å². The first-order valence-electron chi connectivity index (χ1n) is 10.8. The smallest absolute Gasteiger partial charge is 0.343 e. The highest BCUT2D eigenvalue weighted by molar-refractivity contribution is 5.97. The molecule has 0 unspecified atom stereocenters. The number of esters is 1. The molecule has 0 aliphatic rings. The minimum Gasteiger partial charge on any atom is -0.493 e. The molecule has 3 aromatic rings. The number of amides is 2. The molecule has 11 heteroatoms. The Hall–Kier alpha value is -4.93. The van der Waals surface area contributed by atoms with Crippen LogP contribution < -0.4 is 29.7 Å². The lowest BCUT2D eigenvalue weighted by molar-refractivity contribution is -0.120. The number of hydrazone groups is 1. The number of methoxy groups -OCH3 is 3. The van der Waals surface area contributed by atoms with Crippen LogP contribution in [-0.4, -0.2) is 51.9 Å². The SMILES string of the molecule is COc1cc(C(=O)NCC(=O)NN=Cc2ccc(OC(=O)c3cccc(F)c3)cc2)cc(OC)c1OC. The fourth-order valence-corrected chi connectivity index (χ4v) is 3.10. The Kier molecular flexibility index (Phi) is 9.14. The number of hydrogen-bond donors (Lipinski definition) is 2. The lowest BCUT2D eigenvalue weighted by Gasteiger charge is -2.14. The first-order valence-corrected chi connectivity index (χ1v) is 10.8. The Bertz CT molecular complexity index is 1280. The highest BCUT2D eigenvalue weighted by Crippen LogP contribution is 2.38. The zero-order valence-corrected chi connectivity index (χ0v) is 20.2. The number of benzene rings is 3. The van der Waals surface area contributed by atoms with Crippen molar-refractivity contribution in [1.29, 1.82) is 0 Å².